The largest absolute Gasteiger partial charge is 0.446 e. The zero-order chi connectivity index (χ0) is 9.97. The maximum atomic E-state index is 8.74. The van der Waals surface area contributed by atoms with Gasteiger partial charge < -0.3 is 11.8 Å². The van der Waals surface area contributed by atoms with E-state index in [1.165, 1.54) is 0 Å². The van der Waals surface area contributed by atoms with Gasteiger partial charge in [-0.2, -0.15) is 9.99 Å². The third-order valence-electron chi connectivity index (χ3n) is 2.02. The van der Waals surface area contributed by atoms with Gasteiger partial charge in [0, 0.05) is 28.4 Å². The van der Waals surface area contributed by atoms with Gasteiger partial charge in [-0.25, -0.2) is 0 Å². The standard InChI is InChI=1S/C11H9N2O.Co/c1-2-14-13-6-5-10-4-3-9(8-12)7-11(10)13;/h3-7H,1-2H2;/q-1;. The first-order chi connectivity index (χ1) is 6.85. The van der Waals surface area contributed by atoms with Crippen LogP contribution in [0, 0.1) is 18.3 Å². The molecule has 3 nitrogen and oxygen atoms in total. The second-order valence-electron chi connectivity index (χ2n) is 2.86. The molecule has 0 bridgehead atoms. The molecular formula is C11H9CoN2O-. The number of nitriles is 1. The fourth-order valence-electron chi connectivity index (χ4n) is 1.38. The van der Waals surface area contributed by atoms with Gasteiger partial charge in [0.2, 0.25) is 0 Å². The summed E-state index contributed by atoms with van der Waals surface area (Å²) in [6.07, 6.45) is 1.82. The number of rotatable bonds is 2. The van der Waals surface area contributed by atoms with Crippen LogP contribution in [-0.2, 0) is 16.8 Å². The molecule has 1 aromatic heterocycles. The Kier molecular flexibility index (Phi) is 3.78. The van der Waals surface area contributed by atoms with E-state index in [0.717, 1.165) is 10.9 Å². The summed E-state index contributed by atoms with van der Waals surface area (Å²) in [5.41, 5.74) is 1.53. The first-order valence-electron chi connectivity index (χ1n) is 4.29. The first kappa shape index (κ1) is 11.6. The monoisotopic (exact) mass is 244 g/mol. The van der Waals surface area contributed by atoms with Gasteiger partial charge in [-0.3, -0.25) is 0 Å². The Morgan fingerprint density at radius 3 is 2.87 bits per heavy atom. The van der Waals surface area contributed by atoms with Crippen LogP contribution in [0.4, 0.5) is 0 Å². The summed E-state index contributed by atoms with van der Waals surface area (Å²) in [7, 11) is 0. The maximum Gasteiger partial charge on any atom is 0.0992 e. The topological polar surface area (TPSA) is 38.0 Å². The Bertz CT molecular complexity index is 499. The molecule has 79 valence electrons. The third-order valence-corrected chi connectivity index (χ3v) is 2.02. The minimum Gasteiger partial charge on any atom is -0.446 e. The molecule has 0 saturated heterocycles. The van der Waals surface area contributed by atoms with E-state index in [0.29, 0.717) is 12.2 Å². The van der Waals surface area contributed by atoms with E-state index in [2.05, 4.69) is 13.0 Å². The molecule has 0 aliphatic carbocycles. The molecular weight excluding hydrogens is 235 g/mol. The van der Waals surface area contributed by atoms with Crippen molar-refractivity contribution < 1.29 is 21.6 Å². The van der Waals surface area contributed by atoms with Crippen molar-refractivity contribution in [2.75, 3.05) is 6.61 Å². The average molecular weight is 244 g/mol. The fourth-order valence-corrected chi connectivity index (χ4v) is 1.38. The number of nitrogens with zero attached hydrogens (tertiary/aromatic N) is 2. The zero-order valence-electron chi connectivity index (χ0n) is 7.94. The van der Waals surface area contributed by atoms with Crippen molar-refractivity contribution in [1.82, 2.24) is 4.73 Å². The van der Waals surface area contributed by atoms with Crippen molar-refractivity contribution in [1.29, 1.82) is 5.26 Å². The number of benzene rings is 1. The Morgan fingerprint density at radius 2 is 2.20 bits per heavy atom. The van der Waals surface area contributed by atoms with Gasteiger partial charge in [0.15, 0.2) is 0 Å². The summed E-state index contributed by atoms with van der Waals surface area (Å²) in [5.74, 6) is 0. The zero-order valence-corrected chi connectivity index (χ0v) is 8.98. The molecule has 0 fully saturated rings. The molecule has 0 saturated carbocycles. The summed E-state index contributed by atoms with van der Waals surface area (Å²) in [6, 6.07) is 9.52. The molecule has 4 heteroatoms. The van der Waals surface area contributed by atoms with Crippen LogP contribution < -0.4 is 4.84 Å². The van der Waals surface area contributed by atoms with Crippen LogP contribution in [0.15, 0.2) is 30.5 Å². The molecule has 1 radical (unpaired) electrons. The van der Waals surface area contributed by atoms with Gasteiger partial charge >= 0.3 is 0 Å². The maximum absolute atomic E-state index is 8.74. The van der Waals surface area contributed by atoms with Crippen LogP contribution in [0.1, 0.15) is 5.56 Å². The van der Waals surface area contributed by atoms with E-state index >= 15 is 0 Å². The summed E-state index contributed by atoms with van der Waals surface area (Å²) >= 11 is 0. The molecule has 0 N–H and O–H groups in total. The second-order valence-corrected chi connectivity index (χ2v) is 2.86. The minimum absolute atomic E-state index is 0. The van der Waals surface area contributed by atoms with Crippen LogP contribution in [0.2, 0.25) is 0 Å². The SMILES string of the molecule is [CH2-]COn1ccc2ccc(C#N)cc21.[Co]. The van der Waals surface area contributed by atoms with E-state index in [9.17, 15) is 0 Å². The quantitative estimate of drug-likeness (QED) is 0.755. The third kappa shape index (κ3) is 2.14. The number of aromatic nitrogens is 1. The van der Waals surface area contributed by atoms with Crippen LogP contribution in [0.5, 0.6) is 0 Å². The van der Waals surface area contributed by atoms with Gasteiger partial charge in [-0.15, -0.1) is 0 Å². The average Bonchev–Trinajstić information content (AvgIpc) is 2.61. The first-order valence-corrected chi connectivity index (χ1v) is 4.29. The fraction of sp³-hybridized carbons (Fsp3) is 0.0909. The van der Waals surface area contributed by atoms with Crippen molar-refractivity contribution >= 4 is 10.9 Å². The van der Waals surface area contributed by atoms with Crippen molar-refractivity contribution in [3.05, 3.63) is 42.9 Å². The van der Waals surface area contributed by atoms with Crippen molar-refractivity contribution in [2.45, 2.75) is 0 Å². The molecule has 0 aliphatic heterocycles. The van der Waals surface area contributed by atoms with E-state index in [4.69, 9.17) is 10.1 Å². The number of hydrogen-bond acceptors (Lipinski definition) is 2. The molecule has 15 heavy (non-hydrogen) atoms. The van der Waals surface area contributed by atoms with Crippen LogP contribution in [0.25, 0.3) is 10.9 Å². The molecule has 0 spiro atoms. The van der Waals surface area contributed by atoms with Crippen LogP contribution in [0.3, 0.4) is 0 Å². The number of hydrogen-bond donors (Lipinski definition) is 0. The summed E-state index contributed by atoms with van der Waals surface area (Å²) in [6.45, 7) is 3.96. The minimum atomic E-state index is 0. The van der Waals surface area contributed by atoms with Gasteiger partial charge in [-0.05, 0) is 24.8 Å². The molecule has 1 heterocycles. The summed E-state index contributed by atoms with van der Waals surface area (Å²) < 4.78 is 1.63. The molecule has 0 amide bonds. The second kappa shape index (κ2) is 4.87. The van der Waals surface area contributed by atoms with Gasteiger partial charge in [-0.1, -0.05) is 6.07 Å². The van der Waals surface area contributed by atoms with Crippen LogP contribution in [-0.4, -0.2) is 11.3 Å². The van der Waals surface area contributed by atoms with Crippen molar-refractivity contribution in [2.24, 2.45) is 0 Å². The molecule has 0 atom stereocenters. The van der Waals surface area contributed by atoms with E-state index in [1.54, 1.807) is 16.9 Å². The number of fused-ring (bicyclic) bond motifs is 1. The predicted octanol–water partition coefficient (Wildman–Crippen LogP) is 1.77. The van der Waals surface area contributed by atoms with E-state index in [-0.39, 0.29) is 16.8 Å². The molecule has 1 aromatic carbocycles. The van der Waals surface area contributed by atoms with Gasteiger partial charge in [0.1, 0.15) is 0 Å². The van der Waals surface area contributed by atoms with Crippen molar-refractivity contribution in [3.8, 4) is 6.07 Å². The van der Waals surface area contributed by atoms with Crippen molar-refractivity contribution in [3.63, 3.8) is 0 Å². The molecule has 0 aliphatic rings. The summed E-state index contributed by atoms with van der Waals surface area (Å²) in [5, 5.41) is 9.80. The predicted molar refractivity (Wildman–Crippen MR) is 53.5 cm³/mol. The summed E-state index contributed by atoms with van der Waals surface area (Å²) in [4.78, 5) is 5.25. The van der Waals surface area contributed by atoms with Gasteiger partial charge in [0.05, 0.1) is 17.1 Å². The Balaban J connectivity index is 0.00000112. The van der Waals surface area contributed by atoms with E-state index in [1.807, 2.05) is 18.3 Å². The van der Waals surface area contributed by atoms with Gasteiger partial charge in [0.25, 0.3) is 0 Å². The Labute approximate surface area is 98.4 Å². The molecule has 0 unspecified atom stereocenters. The molecule has 2 aromatic rings. The Morgan fingerprint density at radius 1 is 1.40 bits per heavy atom. The Hall–Kier alpha value is -1.44. The smallest absolute Gasteiger partial charge is 0.0992 e. The van der Waals surface area contributed by atoms with E-state index < -0.39 is 0 Å². The normalized spacial score (nSPS) is 9.33. The van der Waals surface area contributed by atoms with Crippen LogP contribution >= 0.6 is 0 Å². The molecule has 2 rings (SSSR count).